The molecule has 0 aromatic heterocycles. The normalized spacial score (nSPS) is 13.2. The lowest BCUT2D eigenvalue weighted by atomic mass is 10.2. The zero-order valence-corrected chi connectivity index (χ0v) is 10.5. The molecule has 0 bridgehead atoms. The van der Waals surface area contributed by atoms with Gasteiger partial charge in [-0.25, -0.2) is 0 Å². The largest absolute Gasteiger partial charge is 0.486 e. The number of carbonyl (C=O) groups excluding carboxylic acids is 1. The van der Waals surface area contributed by atoms with Gasteiger partial charge in [-0.1, -0.05) is 6.07 Å². The molecule has 1 aliphatic heterocycles. The average molecular weight is 250 g/mol. The molecule has 0 saturated heterocycles. The van der Waals surface area contributed by atoms with Crippen LogP contribution in [0.3, 0.4) is 0 Å². The van der Waals surface area contributed by atoms with E-state index in [9.17, 15) is 4.79 Å². The van der Waals surface area contributed by atoms with Crippen LogP contribution < -0.4 is 20.1 Å². The van der Waals surface area contributed by atoms with E-state index >= 15 is 0 Å². The molecular weight excluding hydrogens is 232 g/mol. The van der Waals surface area contributed by atoms with E-state index in [1.165, 1.54) is 0 Å². The molecule has 1 amide bonds. The van der Waals surface area contributed by atoms with E-state index in [-0.39, 0.29) is 5.91 Å². The molecule has 1 aliphatic rings. The number of hydrogen-bond acceptors (Lipinski definition) is 4. The molecule has 5 heteroatoms. The van der Waals surface area contributed by atoms with Crippen molar-refractivity contribution in [1.82, 2.24) is 5.32 Å². The molecule has 1 heterocycles. The smallest absolute Gasteiger partial charge is 0.224 e. The Labute approximate surface area is 106 Å². The summed E-state index contributed by atoms with van der Waals surface area (Å²) in [7, 11) is 1.87. The number of nitrogens with one attached hydrogen (secondary N) is 2. The number of benzene rings is 1. The van der Waals surface area contributed by atoms with Crippen LogP contribution in [0.15, 0.2) is 18.2 Å². The Morgan fingerprint density at radius 3 is 3.00 bits per heavy atom. The second kappa shape index (κ2) is 6.26. The maximum absolute atomic E-state index is 11.7. The van der Waals surface area contributed by atoms with Crippen LogP contribution >= 0.6 is 0 Å². The Morgan fingerprint density at radius 2 is 2.17 bits per heavy atom. The van der Waals surface area contributed by atoms with Crippen LogP contribution in [0.1, 0.15) is 12.8 Å². The fourth-order valence-corrected chi connectivity index (χ4v) is 1.81. The Hall–Kier alpha value is -1.75. The minimum Gasteiger partial charge on any atom is -0.486 e. The summed E-state index contributed by atoms with van der Waals surface area (Å²) >= 11 is 0. The second-order valence-corrected chi connectivity index (χ2v) is 4.09. The molecule has 0 radical (unpaired) electrons. The van der Waals surface area contributed by atoms with Crippen LogP contribution in [0.2, 0.25) is 0 Å². The number of hydrogen-bond donors (Lipinski definition) is 2. The third-order valence-corrected chi connectivity index (χ3v) is 2.67. The van der Waals surface area contributed by atoms with Crippen molar-refractivity contribution in [2.45, 2.75) is 12.8 Å². The van der Waals surface area contributed by atoms with E-state index < -0.39 is 0 Å². The van der Waals surface area contributed by atoms with Gasteiger partial charge >= 0.3 is 0 Å². The second-order valence-electron chi connectivity index (χ2n) is 4.09. The molecular formula is C13H18N2O3. The van der Waals surface area contributed by atoms with Gasteiger partial charge in [0.1, 0.15) is 13.2 Å². The lowest BCUT2D eigenvalue weighted by molar-refractivity contribution is -0.116. The highest BCUT2D eigenvalue weighted by atomic mass is 16.6. The van der Waals surface area contributed by atoms with E-state index in [2.05, 4.69) is 10.6 Å². The summed E-state index contributed by atoms with van der Waals surface area (Å²) in [6, 6.07) is 5.51. The third kappa shape index (κ3) is 3.13. The van der Waals surface area contributed by atoms with Gasteiger partial charge in [0.2, 0.25) is 5.91 Å². The molecule has 0 spiro atoms. The predicted octanol–water partition coefficient (Wildman–Crippen LogP) is 1.40. The Bertz CT molecular complexity index is 421. The fraction of sp³-hybridized carbons (Fsp3) is 0.462. The number of anilines is 1. The highest BCUT2D eigenvalue weighted by Gasteiger charge is 2.16. The SMILES string of the molecule is CNCCCC(=O)Nc1cccc2c1OCCO2. The van der Waals surface area contributed by atoms with Crippen molar-refractivity contribution >= 4 is 11.6 Å². The van der Waals surface area contributed by atoms with Crippen LogP contribution in [-0.4, -0.2) is 32.7 Å². The molecule has 1 aromatic carbocycles. The van der Waals surface area contributed by atoms with Gasteiger partial charge in [0.25, 0.3) is 0 Å². The molecule has 98 valence electrons. The predicted molar refractivity (Wildman–Crippen MR) is 69.2 cm³/mol. The molecule has 1 aromatic rings. The molecule has 0 fully saturated rings. The van der Waals surface area contributed by atoms with E-state index in [1.54, 1.807) is 0 Å². The van der Waals surface area contributed by atoms with Crippen molar-refractivity contribution in [2.24, 2.45) is 0 Å². The van der Waals surface area contributed by atoms with Gasteiger partial charge in [-0.2, -0.15) is 0 Å². The molecule has 0 saturated carbocycles. The number of para-hydroxylation sites is 1. The molecule has 0 aliphatic carbocycles. The van der Waals surface area contributed by atoms with Crippen molar-refractivity contribution in [2.75, 3.05) is 32.1 Å². The summed E-state index contributed by atoms with van der Waals surface area (Å²) in [6.07, 6.45) is 1.31. The van der Waals surface area contributed by atoms with Gasteiger partial charge in [-0.15, -0.1) is 0 Å². The van der Waals surface area contributed by atoms with Crippen molar-refractivity contribution in [1.29, 1.82) is 0 Å². The summed E-state index contributed by atoms with van der Waals surface area (Å²) in [5.74, 6) is 1.31. The van der Waals surface area contributed by atoms with Gasteiger partial charge in [-0.05, 0) is 32.1 Å². The van der Waals surface area contributed by atoms with Crippen molar-refractivity contribution in [3.05, 3.63) is 18.2 Å². The Balaban J connectivity index is 1.98. The summed E-state index contributed by atoms with van der Waals surface area (Å²) in [5.41, 5.74) is 0.682. The minimum atomic E-state index is -0.00664. The topological polar surface area (TPSA) is 59.6 Å². The average Bonchev–Trinajstić information content (AvgIpc) is 2.39. The van der Waals surface area contributed by atoms with Crippen molar-refractivity contribution in [3.63, 3.8) is 0 Å². The maximum Gasteiger partial charge on any atom is 0.224 e. The number of amides is 1. The maximum atomic E-state index is 11.7. The minimum absolute atomic E-state index is 0.00664. The first-order valence-electron chi connectivity index (χ1n) is 6.14. The van der Waals surface area contributed by atoms with Crippen LogP contribution in [0.4, 0.5) is 5.69 Å². The van der Waals surface area contributed by atoms with Gasteiger partial charge in [0, 0.05) is 6.42 Å². The monoisotopic (exact) mass is 250 g/mol. The lowest BCUT2D eigenvalue weighted by Crippen LogP contribution is -2.19. The van der Waals surface area contributed by atoms with Gasteiger partial charge < -0.3 is 20.1 Å². The lowest BCUT2D eigenvalue weighted by Gasteiger charge is -2.21. The molecule has 2 rings (SSSR count). The zero-order chi connectivity index (χ0) is 12.8. The van der Waals surface area contributed by atoms with E-state index in [4.69, 9.17) is 9.47 Å². The first-order chi connectivity index (χ1) is 8.81. The van der Waals surface area contributed by atoms with Gasteiger partial charge in [0.15, 0.2) is 11.5 Å². The van der Waals surface area contributed by atoms with Gasteiger partial charge in [-0.3, -0.25) is 4.79 Å². The summed E-state index contributed by atoms with van der Waals surface area (Å²) in [6.45, 7) is 1.89. The summed E-state index contributed by atoms with van der Waals surface area (Å²) in [5, 5.41) is 5.87. The third-order valence-electron chi connectivity index (χ3n) is 2.67. The zero-order valence-electron chi connectivity index (χ0n) is 10.5. The number of rotatable bonds is 5. The molecule has 0 atom stereocenters. The van der Waals surface area contributed by atoms with Crippen LogP contribution in [0, 0.1) is 0 Å². The standard InChI is InChI=1S/C13H18N2O3/c1-14-7-3-6-12(16)15-10-4-2-5-11-13(10)18-9-8-17-11/h2,4-5,14H,3,6-9H2,1H3,(H,15,16). The highest BCUT2D eigenvalue weighted by Crippen LogP contribution is 2.37. The van der Waals surface area contributed by atoms with E-state index in [0.29, 0.717) is 36.8 Å². The highest BCUT2D eigenvalue weighted by molar-refractivity contribution is 5.92. The summed E-state index contributed by atoms with van der Waals surface area (Å²) in [4.78, 5) is 11.7. The van der Waals surface area contributed by atoms with Crippen molar-refractivity contribution < 1.29 is 14.3 Å². The van der Waals surface area contributed by atoms with Crippen LogP contribution in [0.25, 0.3) is 0 Å². The molecule has 0 unspecified atom stereocenters. The fourth-order valence-electron chi connectivity index (χ4n) is 1.81. The quantitative estimate of drug-likeness (QED) is 0.775. The van der Waals surface area contributed by atoms with E-state index in [1.807, 2.05) is 25.2 Å². The van der Waals surface area contributed by atoms with Crippen LogP contribution in [-0.2, 0) is 4.79 Å². The number of fused-ring (bicyclic) bond motifs is 1. The number of carbonyl (C=O) groups is 1. The first kappa shape index (κ1) is 12.7. The molecule has 18 heavy (non-hydrogen) atoms. The molecule has 2 N–H and O–H groups in total. The first-order valence-corrected chi connectivity index (χ1v) is 6.14. The Kier molecular flexibility index (Phi) is 4.41. The van der Waals surface area contributed by atoms with Crippen LogP contribution in [0.5, 0.6) is 11.5 Å². The summed E-state index contributed by atoms with van der Waals surface area (Å²) < 4.78 is 11.0. The van der Waals surface area contributed by atoms with Crippen molar-refractivity contribution in [3.8, 4) is 11.5 Å². The van der Waals surface area contributed by atoms with E-state index in [0.717, 1.165) is 13.0 Å². The van der Waals surface area contributed by atoms with Gasteiger partial charge in [0.05, 0.1) is 5.69 Å². The Morgan fingerprint density at radius 1 is 1.33 bits per heavy atom. The molecule has 5 nitrogen and oxygen atoms in total. The number of ether oxygens (including phenoxy) is 2.